The number of carbonyl (C=O) groups is 1. The molecule has 2 atom stereocenters. The van der Waals surface area contributed by atoms with E-state index in [0.29, 0.717) is 6.42 Å². The molecule has 0 radical (unpaired) electrons. The highest BCUT2D eigenvalue weighted by Crippen LogP contribution is 2.47. The molecule has 1 saturated carbocycles. The molecule has 0 bridgehead atoms. The first-order valence-electron chi connectivity index (χ1n) is 4.20. The maximum atomic E-state index is 10.6. The van der Waals surface area contributed by atoms with Crippen molar-refractivity contribution in [2.24, 2.45) is 5.92 Å². The van der Waals surface area contributed by atoms with E-state index in [4.69, 9.17) is 10.2 Å². The fourth-order valence-corrected chi connectivity index (χ4v) is 1.59. The zero-order chi connectivity index (χ0) is 9.42. The number of carboxylic acids is 1. The molecule has 1 aliphatic rings. The summed E-state index contributed by atoms with van der Waals surface area (Å²) in [7, 11) is 0. The summed E-state index contributed by atoms with van der Waals surface area (Å²) in [5.41, 5.74) is 0.924. The van der Waals surface area contributed by atoms with Gasteiger partial charge in [0.05, 0.1) is 5.92 Å². The number of hydrogen-bond acceptors (Lipinski definition) is 2. The third-order valence-corrected chi connectivity index (χ3v) is 2.41. The van der Waals surface area contributed by atoms with E-state index in [-0.39, 0.29) is 17.6 Å². The summed E-state index contributed by atoms with van der Waals surface area (Å²) < 4.78 is 0. The van der Waals surface area contributed by atoms with Crippen LogP contribution in [0.4, 0.5) is 0 Å². The average molecular weight is 178 g/mol. The number of carboxylic acid groups (broad SMARTS) is 1. The van der Waals surface area contributed by atoms with Gasteiger partial charge in [0.1, 0.15) is 5.75 Å². The largest absolute Gasteiger partial charge is 0.508 e. The Kier molecular flexibility index (Phi) is 1.72. The van der Waals surface area contributed by atoms with Gasteiger partial charge in [0, 0.05) is 0 Å². The lowest BCUT2D eigenvalue weighted by Gasteiger charge is -1.98. The average Bonchev–Trinajstić information content (AvgIpc) is 2.82. The van der Waals surface area contributed by atoms with E-state index in [1.54, 1.807) is 18.2 Å². The van der Waals surface area contributed by atoms with Crippen LogP contribution < -0.4 is 0 Å². The van der Waals surface area contributed by atoms with Gasteiger partial charge in [-0.15, -0.1) is 0 Å². The summed E-state index contributed by atoms with van der Waals surface area (Å²) in [6, 6.07) is 6.81. The van der Waals surface area contributed by atoms with E-state index in [1.807, 2.05) is 6.07 Å². The van der Waals surface area contributed by atoms with Crippen LogP contribution in [0.2, 0.25) is 0 Å². The molecular weight excluding hydrogens is 168 g/mol. The van der Waals surface area contributed by atoms with Gasteiger partial charge in [-0.25, -0.2) is 0 Å². The smallest absolute Gasteiger partial charge is 0.307 e. The van der Waals surface area contributed by atoms with Gasteiger partial charge in [0.2, 0.25) is 0 Å². The van der Waals surface area contributed by atoms with E-state index in [9.17, 15) is 4.79 Å². The Hall–Kier alpha value is -1.51. The fourth-order valence-electron chi connectivity index (χ4n) is 1.59. The van der Waals surface area contributed by atoms with Crippen LogP contribution in [0.15, 0.2) is 24.3 Å². The third kappa shape index (κ3) is 1.49. The van der Waals surface area contributed by atoms with Crippen molar-refractivity contribution in [1.29, 1.82) is 0 Å². The Morgan fingerprint density at radius 1 is 1.46 bits per heavy atom. The normalized spacial score (nSPS) is 25.5. The Morgan fingerprint density at radius 3 is 2.77 bits per heavy atom. The lowest BCUT2D eigenvalue weighted by molar-refractivity contribution is -0.138. The van der Waals surface area contributed by atoms with Crippen LogP contribution >= 0.6 is 0 Å². The minimum atomic E-state index is -0.742. The first kappa shape index (κ1) is 8.10. The van der Waals surface area contributed by atoms with Crippen LogP contribution in [0.3, 0.4) is 0 Å². The standard InChI is InChI=1S/C10H10O3/c11-7-3-1-2-6(4-7)8-5-9(8)10(12)13/h1-4,8-9,11H,5H2,(H,12,13)/t8?,9-/m1/s1. The third-order valence-electron chi connectivity index (χ3n) is 2.41. The van der Waals surface area contributed by atoms with Crippen LogP contribution in [-0.4, -0.2) is 16.2 Å². The van der Waals surface area contributed by atoms with Crippen molar-refractivity contribution < 1.29 is 15.0 Å². The Balaban J connectivity index is 2.16. The lowest BCUT2D eigenvalue weighted by atomic mass is 10.1. The number of aromatic hydroxyl groups is 1. The molecule has 0 spiro atoms. The summed E-state index contributed by atoms with van der Waals surface area (Å²) in [5.74, 6) is -0.687. The highest BCUT2D eigenvalue weighted by molar-refractivity contribution is 5.75. The molecule has 2 rings (SSSR count). The molecule has 1 aromatic carbocycles. The van der Waals surface area contributed by atoms with Crippen molar-refractivity contribution in [3.63, 3.8) is 0 Å². The molecular formula is C10H10O3. The van der Waals surface area contributed by atoms with E-state index >= 15 is 0 Å². The molecule has 0 aliphatic heterocycles. The quantitative estimate of drug-likeness (QED) is 0.722. The van der Waals surface area contributed by atoms with Gasteiger partial charge in [0.15, 0.2) is 0 Å². The number of aliphatic carboxylic acids is 1. The van der Waals surface area contributed by atoms with Crippen molar-refractivity contribution in [3.05, 3.63) is 29.8 Å². The molecule has 13 heavy (non-hydrogen) atoms. The molecule has 68 valence electrons. The van der Waals surface area contributed by atoms with Crippen molar-refractivity contribution in [1.82, 2.24) is 0 Å². The predicted molar refractivity (Wildman–Crippen MR) is 46.6 cm³/mol. The van der Waals surface area contributed by atoms with Crippen LogP contribution in [0.5, 0.6) is 5.75 Å². The van der Waals surface area contributed by atoms with Crippen LogP contribution in [0, 0.1) is 5.92 Å². The fraction of sp³-hybridized carbons (Fsp3) is 0.300. The molecule has 1 aliphatic carbocycles. The molecule has 1 unspecified atom stereocenters. The molecule has 0 aromatic heterocycles. The van der Waals surface area contributed by atoms with Gasteiger partial charge in [0.25, 0.3) is 0 Å². The number of rotatable bonds is 2. The number of benzene rings is 1. The molecule has 1 aromatic rings. The second-order valence-corrected chi connectivity index (χ2v) is 3.38. The Morgan fingerprint density at radius 2 is 2.23 bits per heavy atom. The van der Waals surface area contributed by atoms with Gasteiger partial charge in [-0.05, 0) is 30.0 Å². The monoisotopic (exact) mass is 178 g/mol. The van der Waals surface area contributed by atoms with Gasteiger partial charge in [-0.1, -0.05) is 12.1 Å². The van der Waals surface area contributed by atoms with E-state index in [1.165, 1.54) is 0 Å². The lowest BCUT2D eigenvalue weighted by Crippen LogP contribution is -1.98. The summed E-state index contributed by atoms with van der Waals surface area (Å²) in [6.45, 7) is 0. The maximum absolute atomic E-state index is 10.6. The van der Waals surface area contributed by atoms with Crippen molar-refractivity contribution in [2.45, 2.75) is 12.3 Å². The summed E-state index contributed by atoms with van der Waals surface area (Å²) >= 11 is 0. The molecule has 0 heterocycles. The molecule has 1 fully saturated rings. The highest BCUT2D eigenvalue weighted by Gasteiger charge is 2.44. The second-order valence-electron chi connectivity index (χ2n) is 3.38. The van der Waals surface area contributed by atoms with Gasteiger partial charge >= 0.3 is 5.97 Å². The summed E-state index contributed by atoms with van der Waals surface area (Å²) in [4.78, 5) is 10.6. The topological polar surface area (TPSA) is 57.5 Å². The van der Waals surface area contributed by atoms with Gasteiger partial charge in [-0.3, -0.25) is 4.79 Å². The molecule has 3 heteroatoms. The van der Waals surface area contributed by atoms with E-state index in [2.05, 4.69) is 0 Å². The zero-order valence-electron chi connectivity index (χ0n) is 6.97. The minimum Gasteiger partial charge on any atom is -0.508 e. The van der Waals surface area contributed by atoms with E-state index < -0.39 is 5.97 Å². The predicted octanol–water partition coefficient (Wildman–Crippen LogP) is 1.58. The Bertz CT molecular complexity index is 346. The van der Waals surface area contributed by atoms with Gasteiger partial charge in [-0.2, -0.15) is 0 Å². The van der Waals surface area contributed by atoms with Crippen LogP contribution in [0.1, 0.15) is 17.9 Å². The maximum Gasteiger partial charge on any atom is 0.307 e. The van der Waals surface area contributed by atoms with Crippen LogP contribution in [-0.2, 0) is 4.79 Å². The SMILES string of the molecule is O=C(O)[C@@H]1CC1c1cccc(O)c1. The molecule has 0 amide bonds. The zero-order valence-corrected chi connectivity index (χ0v) is 6.97. The highest BCUT2D eigenvalue weighted by atomic mass is 16.4. The number of phenols is 1. The van der Waals surface area contributed by atoms with Crippen molar-refractivity contribution in [2.75, 3.05) is 0 Å². The second kappa shape index (κ2) is 2.76. The van der Waals surface area contributed by atoms with Gasteiger partial charge < -0.3 is 10.2 Å². The first-order valence-corrected chi connectivity index (χ1v) is 4.20. The number of phenolic OH excluding ortho intramolecular Hbond substituents is 1. The minimum absolute atomic E-state index is 0.101. The first-order chi connectivity index (χ1) is 6.18. The van der Waals surface area contributed by atoms with Crippen molar-refractivity contribution in [3.8, 4) is 5.75 Å². The molecule has 3 nitrogen and oxygen atoms in total. The summed E-state index contributed by atoms with van der Waals surface area (Å²) in [6.07, 6.45) is 0.693. The van der Waals surface area contributed by atoms with Crippen molar-refractivity contribution >= 4 is 5.97 Å². The molecule has 0 saturated heterocycles. The Labute approximate surface area is 75.6 Å². The summed E-state index contributed by atoms with van der Waals surface area (Å²) in [5, 5.41) is 17.9. The van der Waals surface area contributed by atoms with Crippen LogP contribution in [0.25, 0.3) is 0 Å². The van der Waals surface area contributed by atoms with E-state index in [0.717, 1.165) is 5.56 Å². The molecule has 2 N–H and O–H groups in total. The number of hydrogen-bond donors (Lipinski definition) is 2.